The van der Waals surface area contributed by atoms with E-state index in [4.69, 9.17) is 11.6 Å². The monoisotopic (exact) mass is 343 g/mol. The summed E-state index contributed by atoms with van der Waals surface area (Å²) in [6, 6.07) is 11.3. The van der Waals surface area contributed by atoms with Gasteiger partial charge in [-0.3, -0.25) is 4.79 Å². The van der Waals surface area contributed by atoms with Crippen molar-refractivity contribution in [3.63, 3.8) is 0 Å². The van der Waals surface area contributed by atoms with Gasteiger partial charge in [-0.2, -0.15) is 0 Å². The molecule has 5 heteroatoms. The normalized spacial score (nSPS) is 10.3. The van der Waals surface area contributed by atoms with Crippen LogP contribution in [0, 0.1) is 0 Å². The second-order valence-corrected chi connectivity index (χ2v) is 6.54. The zero-order chi connectivity index (χ0) is 13.0. The lowest BCUT2D eigenvalue weighted by atomic mass is 10.1. The molecule has 0 aliphatic carbocycles. The molecule has 0 radical (unpaired) electrons. The number of carbonyl (C=O) groups is 1. The van der Waals surface area contributed by atoms with Gasteiger partial charge >= 0.3 is 0 Å². The summed E-state index contributed by atoms with van der Waals surface area (Å²) in [6.07, 6.45) is 0. The molecule has 1 aromatic heterocycles. The fourth-order valence-electron chi connectivity index (χ4n) is 1.51. The molecule has 2 rings (SSSR count). The molecule has 0 aliphatic heterocycles. The second-order valence-electron chi connectivity index (χ2n) is 3.72. The van der Waals surface area contributed by atoms with Gasteiger partial charge in [-0.05, 0) is 45.8 Å². The standard InChI is InChI=1S/C13H11BrClNOS/c14-12-5-4-11(18-12)8-16-13(17)10-3-1-2-9(6-10)7-15/h1-6H,7-8H2,(H,16,17). The molecular formula is C13H11BrClNOS. The predicted molar refractivity (Wildman–Crippen MR) is 79.2 cm³/mol. The zero-order valence-electron chi connectivity index (χ0n) is 9.45. The molecule has 0 saturated heterocycles. The van der Waals surface area contributed by atoms with Crippen LogP contribution in [0.15, 0.2) is 40.2 Å². The first kappa shape index (κ1) is 13.6. The number of alkyl halides is 1. The van der Waals surface area contributed by atoms with Crippen molar-refractivity contribution in [1.82, 2.24) is 5.32 Å². The molecule has 0 saturated carbocycles. The molecule has 0 atom stereocenters. The number of carbonyl (C=O) groups excluding carboxylic acids is 1. The van der Waals surface area contributed by atoms with E-state index in [2.05, 4.69) is 21.2 Å². The fraction of sp³-hybridized carbons (Fsp3) is 0.154. The van der Waals surface area contributed by atoms with Crippen LogP contribution in [0.2, 0.25) is 0 Å². The van der Waals surface area contributed by atoms with Crippen molar-refractivity contribution in [2.24, 2.45) is 0 Å². The Hall–Kier alpha value is -0.840. The van der Waals surface area contributed by atoms with E-state index >= 15 is 0 Å². The minimum atomic E-state index is -0.0773. The Morgan fingerprint density at radius 2 is 2.17 bits per heavy atom. The second kappa shape index (κ2) is 6.36. The molecule has 1 N–H and O–H groups in total. The Bertz CT molecular complexity index is 555. The quantitative estimate of drug-likeness (QED) is 0.828. The van der Waals surface area contributed by atoms with Crippen molar-refractivity contribution in [1.29, 1.82) is 0 Å². The first-order chi connectivity index (χ1) is 8.69. The Kier molecular flexibility index (Phi) is 4.80. The van der Waals surface area contributed by atoms with Crippen LogP contribution in [0.4, 0.5) is 0 Å². The van der Waals surface area contributed by atoms with Crippen molar-refractivity contribution in [3.05, 3.63) is 56.2 Å². The fourth-order valence-corrected chi connectivity index (χ4v) is 3.10. The van der Waals surface area contributed by atoms with Gasteiger partial charge in [0, 0.05) is 16.3 Å². The third kappa shape index (κ3) is 3.57. The lowest BCUT2D eigenvalue weighted by Gasteiger charge is -2.04. The maximum absolute atomic E-state index is 11.9. The highest BCUT2D eigenvalue weighted by molar-refractivity contribution is 9.11. The topological polar surface area (TPSA) is 29.1 Å². The SMILES string of the molecule is O=C(NCc1ccc(Br)s1)c1cccc(CCl)c1. The van der Waals surface area contributed by atoms with Crippen molar-refractivity contribution in [2.45, 2.75) is 12.4 Å². The molecule has 18 heavy (non-hydrogen) atoms. The van der Waals surface area contributed by atoms with Gasteiger partial charge in [-0.1, -0.05) is 12.1 Å². The summed E-state index contributed by atoms with van der Waals surface area (Å²) in [5.74, 6) is 0.338. The third-order valence-corrected chi connectivity index (χ3v) is 4.33. The Morgan fingerprint density at radius 3 is 2.83 bits per heavy atom. The number of hydrogen-bond acceptors (Lipinski definition) is 2. The van der Waals surface area contributed by atoms with Crippen LogP contribution in [0.5, 0.6) is 0 Å². The Morgan fingerprint density at radius 1 is 1.33 bits per heavy atom. The van der Waals surface area contributed by atoms with Gasteiger partial charge in [0.05, 0.1) is 10.3 Å². The molecule has 1 heterocycles. The van der Waals surface area contributed by atoms with E-state index in [9.17, 15) is 4.79 Å². The highest BCUT2D eigenvalue weighted by Crippen LogP contribution is 2.21. The van der Waals surface area contributed by atoms with E-state index < -0.39 is 0 Å². The number of thiophene rings is 1. The van der Waals surface area contributed by atoms with Crippen LogP contribution in [0.25, 0.3) is 0 Å². The van der Waals surface area contributed by atoms with Crippen LogP contribution < -0.4 is 5.32 Å². The summed E-state index contributed by atoms with van der Waals surface area (Å²) in [7, 11) is 0. The number of benzene rings is 1. The molecule has 0 aliphatic rings. The predicted octanol–water partition coefficient (Wildman–Crippen LogP) is 4.18. The first-order valence-electron chi connectivity index (χ1n) is 5.36. The molecule has 1 amide bonds. The van der Waals surface area contributed by atoms with Gasteiger partial charge in [0.1, 0.15) is 0 Å². The maximum Gasteiger partial charge on any atom is 0.251 e. The van der Waals surface area contributed by atoms with E-state index in [1.807, 2.05) is 30.3 Å². The lowest BCUT2D eigenvalue weighted by molar-refractivity contribution is 0.0951. The summed E-state index contributed by atoms with van der Waals surface area (Å²) < 4.78 is 1.07. The largest absolute Gasteiger partial charge is 0.347 e. The van der Waals surface area contributed by atoms with Crippen LogP contribution in [-0.2, 0) is 12.4 Å². The number of rotatable bonds is 4. The minimum Gasteiger partial charge on any atom is -0.347 e. The molecule has 1 aromatic carbocycles. The van der Waals surface area contributed by atoms with Crippen LogP contribution in [-0.4, -0.2) is 5.91 Å². The molecule has 0 fully saturated rings. The van der Waals surface area contributed by atoms with E-state index in [1.54, 1.807) is 17.4 Å². The molecular weight excluding hydrogens is 334 g/mol. The van der Waals surface area contributed by atoms with Gasteiger partial charge in [0.25, 0.3) is 5.91 Å². The number of halogens is 2. The molecule has 2 nitrogen and oxygen atoms in total. The first-order valence-corrected chi connectivity index (χ1v) is 7.51. The summed E-state index contributed by atoms with van der Waals surface area (Å²) >= 11 is 10.8. The van der Waals surface area contributed by atoms with Crippen LogP contribution >= 0.6 is 38.9 Å². The Balaban J connectivity index is 1.99. The van der Waals surface area contributed by atoms with Crippen molar-refractivity contribution >= 4 is 44.8 Å². The van der Waals surface area contributed by atoms with Gasteiger partial charge in [-0.15, -0.1) is 22.9 Å². The molecule has 0 unspecified atom stereocenters. The Labute approximate surface area is 123 Å². The van der Waals surface area contributed by atoms with Gasteiger partial charge in [-0.25, -0.2) is 0 Å². The summed E-state index contributed by atoms with van der Waals surface area (Å²) in [4.78, 5) is 13.0. The number of nitrogens with one attached hydrogen (secondary N) is 1. The zero-order valence-corrected chi connectivity index (χ0v) is 12.6. The van der Waals surface area contributed by atoms with Crippen LogP contribution in [0.1, 0.15) is 20.8 Å². The molecule has 2 aromatic rings. The van der Waals surface area contributed by atoms with Crippen molar-refractivity contribution < 1.29 is 4.79 Å². The molecule has 0 bridgehead atoms. The highest BCUT2D eigenvalue weighted by atomic mass is 79.9. The highest BCUT2D eigenvalue weighted by Gasteiger charge is 2.06. The number of amides is 1. The maximum atomic E-state index is 11.9. The average molecular weight is 345 g/mol. The van der Waals surface area contributed by atoms with Crippen molar-refractivity contribution in [3.8, 4) is 0 Å². The molecule has 94 valence electrons. The minimum absolute atomic E-state index is 0.0773. The van der Waals surface area contributed by atoms with Gasteiger partial charge in [0.15, 0.2) is 0 Å². The summed E-state index contributed by atoms with van der Waals surface area (Å²) in [5.41, 5.74) is 1.59. The van der Waals surface area contributed by atoms with E-state index in [0.717, 1.165) is 14.2 Å². The van der Waals surface area contributed by atoms with Crippen molar-refractivity contribution in [2.75, 3.05) is 0 Å². The lowest BCUT2D eigenvalue weighted by Crippen LogP contribution is -2.22. The summed E-state index contributed by atoms with van der Waals surface area (Å²) in [5, 5.41) is 2.89. The molecule has 0 spiro atoms. The third-order valence-electron chi connectivity index (χ3n) is 2.40. The van der Waals surface area contributed by atoms with Gasteiger partial charge in [0.2, 0.25) is 0 Å². The summed E-state index contributed by atoms with van der Waals surface area (Å²) in [6.45, 7) is 0.542. The number of hydrogen-bond donors (Lipinski definition) is 1. The average Bonchev–Trinajstić information content (AvgIpc) is 2.82. The van der Waals surface area contributed by atoms with Crippen LogP contribution in [0.3, 0.4) is 0 Å². The van der Waals surface area contributed by atoms with E-state index in [-0.39, 0.29) is 5.91 Å². The van der Waals surface area contributed by atoms with Gasteiger partial charge < -0.3 is 5.32 Å². The van der Waals surface area contributed by atoms with E-state index in [1.165, 1.54) is 0 Å². The smallest absolute Gasteiger partial charge is 0.251 e. The van der Waals surface area contributed by atoms with E-state index in [0.29, 0.717) is 18.0 Å².